The average Bonchev–Trinajstić information content (AvgIpc) is 2.73. The van der Waals surface area contributed by atoms with Crippen LogP contribution in [-0.4, -0.2) is 15.1 Å². The van der Waals surface area contributed by atoms with Crippen molar-refractivity contribution < 1.29 is 0 Å². The Morgan fingerprint density at radius 2 is 2.05 bits per heavy atom. The van der Waals surface area contributed by atoms with Gasteiger partial charge in [0, 0.05) is 36.4 Å². The molecule has 0 amide bonds. The summed E-state index contributed by atoms with van der Waals surface area (Å²) < 4.78 is 2.04. The molecule has 0 atom stereocenters. The standard InChI is InChI=1S/C16H23N3S/c1-12-10-14(20-15-17-8-9-19(15)5)7-6-13(12)11-18-16(2,3)4/h6-10,18H,11H2,1-5H3. The Morgan fingerprint density at radius 3 is 2.60 bits per heavy atom. The molecule has 1 heterocycles. The summed E-state index contributed by atoms with van der Waals surface area (Å²) >= 11 is 1.70. The highest BCUT2D eigenvalue weighted by molar-refractivity contribution is 7.99. The van der Waals surface area contributed by atoms with Gasteiger partial charge in [0.25, 0.3) is 0 Å². The second-order valence-electron chi connectivity index (χ2n) is 6.11. The Morgan fingerprint density at radius 1 is 1.30 bits per heavy atom. The van der Waals surface area contributed by atoms with Gasteiger partial charge in [0.05, 0.1) is 0 Å². The fraction of sp³-hybridized carbons (Fsp3) is 0.438. The quantitative estimate of drug-likeness (QED) is 0.929. The molecule has 0 saturated carbocycles. The lowest BCUT2D eigenvalue weighted by molar-refractivity contribution is 0.424. The molecule has 0 aliphatic rings. The van der Waals surface area contributed by atoms with Crippen LogP contribution in [0.3, 0.4) is 0 Å². The molecule has 0 radical (unpaired) electrons. The number of hydrogen-bond donors (Lipinski definition) is 1. The first-order valence-corrected chi connectivity index (χ1v) is 7.66. The summed E-state index contributed by atoms with van der Waals surface area (Å²) in [5.41, 5.74) is 2.82. The summed E-state index contributed by atoms with van der Waals surface area (Å²) in [4.78, 5) is 5.58. The molecule has 1 aromatic heterocycles. The van der Waals surface area contributed by atoms with Crippen molar-refractivity contribution in [1.82, 2.24) is 14.9 Å². The second-order valence-corrected chi connectivity index (χ2v) is 7.16. The first-order valence-electron chi connectivity index (χ1n) is 6.85. The van der Waals surface area contributed by atoms with E-state index in [-0.39, 0.29) is 5.54 Å². The van der Waals surface area contributed by atoms with Crippen molar-refractivity contribution in [1.29, 1.82) is 0 Å². The summed E-state index contributed by atoms with van der Waals surface area (Å²) in [6, 6.07) is 6.62. The van der Waals surface area contributed by atoms with Gasteiger partial charge in [0.1, 0.15) is 0 Å². The van der Waals surface area contributed by atoms with E-state index < -0.39 is 0 Å². The zero-order valence-corrected chi connectivity index (χ0v) is 13.7. The van der Waals surface area contributed by atoms with Gasteiger partial charge in [-0.3, -0.25) is 0 Å². The Hall–Kier alpha value is -1.26. The van der Waals surface area contributed by atoms with E-state index in [1.54, 1.807) is 11.8 Å². The first-order chi connectivity index (χ1) is 9.35. The Kier molecular flexibility index (Phi) is 4.55. The summed E-state index contributed by atoms with van der Waals surface area (Å²) in [7, 11) is 2.02. The maximum atomic E-state index is 4.35. The van der Waals surface area contributed by atoms with Crippen LogP contribution in [-0.2, 0) is 13.6 Å². The van der Waals surface area contributed by atoms with E-state index in [9.17, 15) is 0 Å². The molecule has 0 fully saturated rings. The lowest BCUT2D eigenvalue weighted by Crippen LogP contribution is -2.35. The lowest BCUT2D eigenvalue weighted by atomic mass is 10.1. The van der Waals surface area contributed by atoms with Gasteiger partial charge in [-0.1, -0.05) is 17.8 Å². The van der Waals surface area contributed by atoms with Crippen LogP contribution in [0.2, 0.25) is 0 Å². The Labute approximate surface area is 125 Å². The van der Waals surface area contributed by atoms with Crippen molar-refractivity contribution >= 4 is 11.8 Å². The highest BCUT2D eigenvalue weighted by Crippen LogP contribution is 2.27. The highest BCUT2D eigenvalue weighted by atomic mass is 32.2. The summed E-state index contributed by atoms with van der Waals surface area (Å²) in [5, 5.41) is 4.55. The third-order valence-electron chi connectivity index (χ3n) is 3.11. The molecule has 0 aliphatic heterocycles. The summed E-state index contributed by atoms with van der Waals surface area (Å²) in [5.74, 6) is 0. The van der Waals surface area contributed by atoms with Gasteiger partial charge in [-0.25, -0.2) is 4.98 Å². The molecule has 4 heteroatoms. The van der Waals surface area contributed by atoms with Crippen molar-refractivity contribution in [2.45, 2.75) is 49.8 Å². The molecular formula is C16H23N3S. The lowest BCUT2D eigenvalue weighted by Gasteiger charge is -2.21. The molecule has 0 spiro atoms. The highest BCUT2D eigenvalue weighted by Gasteiger charge is 2.10. The SMILES string of the molecule is Cc1cc(Sc2nccn2C)ccc1CNC(C)(C)C. The van der Waals surface area contributed by atoms with Crippen LogP contribution in [0.4, 0.5) is 0 Å². The van der Waals surface area contributed by atoms with Crippen LogP contribution >= 0.6 is 11.8 Å². The predicted octanol–water partition coefficient (Wildman–Crippen LogP) is 3.77. The van der Waals surface area contributed by atoms with E-state index in [2.05, 4.69) is 56.2 Å². The molecule has 20 heavy (non-hydrogen) atoms. The maximum absolute atomic E-state index is 4.35. The van der Waals surface area contributed by atoms with Gasteiger partial charge in [0.2, 0.25) is 0 Å². The van der Waals surface area contributed by atoms with E-state index in [0.29, 0.717) is 0 Å². The van der Waals surface area contributed by atoms with Gasteiger partial charge in [0.15, 0.2) is 5.16 Å². The molecule has 0 unspecified atom stereocenters. The van der Waals surface area contributed by atoms with Crippen LogP contribution in [0, 0.1) is 6.92 Å². The fourth-order valence-electron chi connectivity index (χ4n) is 1.85. The largest absolute Gasteiger partial charge is 0.329 e. The molecule has 0 bridgehead atoms. The number of nitrogens with one attached hydrogen (secondary N) is 1. The van der Waals surface area contributed by atoms with Crippen LogP contribution in [0.15, 0.2) is 40.6 Å². The molecule has 2 rings (SSSR count). The topological polar surface area (TPSA) is 29.9 Å². The number of hydrogen-bond acceptors (Lipinski definition) is 3. The molecule has 1 N–H and O–H groups in total. The zero-order chi connectivity index (χ0) is 14.8. The third kappa shape index (κ3) is 4.12. The number of aromatic nitrogens is 2. The van der Waals surface area contributed by atoms with Gasteiger partial charge in [-0.05, 0) is 51.0 Å². The Bertz CT molecular complexity index is 582. The van der Waals surface area contributed by atoms with E-state index in [1.165, 1.54) is 16.0 Å². The normalized spacial score (nSPS) is 11.8. The smallest absolute Gasteiger partial charge is 0.172 e. The monoisotopic (exact) mass is 289 g/mol. The molecule has 108 valence electrons. The van der Waals surface area contributed by atoms with Crippen LogP contribution in [0.25, 0.3) is 0 Å². The molecule has 0 saturated heterocycles. The van der Waals surface area contributed by atoms with Crippen molar-refractivity contribution in [2.75, 3.05) is 0 Å². The maximum Gasteiger partial charge on any atom is 0.172 e. The fourth-order valence-corrected chi connectivity index (χ4v) is 2.75. The van der Waals surface area contributed by atoms with Gasteiger partial charge in [-0.2, -0.15) is 0 Å². The summed E-state index contributed by atoms with van der Waals surface area (Å²) in [6.07, 6.45) is 3.80. The molecule has 2 aromatic rings. The number of aryl methyl sites for hydroxylation is 2. The molecule has 3 nitrogen and oxygen atoms in total. The van der Waals surface area contributed by atoms with Crippen LogP contribution < -0.4 is 5.32 Å². The minimum absolute atomic E-state index is 0.146. The van der Waals surface area contributed by atoms with Gasteiger partial charge < -0.3 is 9.88 Å². The van der Waals surface area contributed by atoms with Crippen molar-refractivity contribution in [2.24, 2.45) is 7.05 Å². The number of nitrogens with zero attached hydrogens (tertiary/aromatic N) is 2. The van der Waals surface area contributed by atoms with E-state index in [1.807, 2.05) is 24.0 Å². The van der Waals surface area contributed by atoms with Crippen LogP contribution in [0.5, 0.6) is 0 Å². The van der Waals surface area contributed by atoms with Gasteiger partial charge >= 0.3 is 0 Å². The average molecular weight is 289 g/mol. The number of imidazole rings is 1. The predicted molar refractivity (Wildman–Crippen MR) is 85.1 cm³/mol. The second kappa shape index (κ2) is 6.02. The number of benzene rings is 1. The molecular weight excluding hydrogens is 266 g/mol. The summed E-state index contributed by atoms with van der Waals surface area (Å²) in [6.45, 7) is 9.64. The van der Waals surface area contributed by atoms with E-state index in [4.69, 9.17) is 0 Å². The Balaban J connectivity index is 2.08. The van der Waals surface area contributed by atoms with E-state index in [0.717, 1.165) is 11.7 Å². The number of rotatable bonds is 4. The van der Waals surface area contributed by atoms with E-state index >= 15 is 0 Å². The molecule has 0 aliphatic carbocycles. The third-order valence-corrected chi connectivity index (χ3v) is 4.17. The van der Waals surface area contributed by atoms with Crippen LogP contribution in [0.1, 0.15) is 31.9 Å². The van der Waals surface area contributed by atoms with Crippen molar-refractivity contribution in [3.63, 3.8) is 0 Å². The van der Waals surface area contributed by atoms with Gasteiger partial charge in [-0.15, -0.1) is 0 Å². The molecule has 1 aromatic carbocycles. The first kappa shape index (κ1) is 15.1. The minimum atomic E-state index is 0.146. The van der Waals surface area contributed by atoms with Crippen molar-refractivity contribution in [3.8, 4) is 0 Å². The zero-order valence-electron chi connectivity index (χ0n) is 12.9. The van der Waals surface area contributed by atoms with Crippen molar-refractivity contribution in [3.05, 3.63) is 41.7 Å². The minimum Gasteiger partial charge on any atom is -0.329 e.